The van der Waals surface area contributed by atoms with Gasteiger partial charge in [0.1, 0.15) is 0 Å². The summed E-state index contributed by atoms with van der Waals surface area (Å²) < 4.78 is 20.4. The van der Waals surface area contributed by atoms with Crippen LogP contribution in [0.2, 0.25) is 0 Å². The molecule has 0 bridgehead atoms. The van der Waals surface area contributed by atoms with E-state index in [0.29, 0.717) is 12.1 Å². The van der Waals surface area contributed by atoms with E-state index in [0.717, 1.165) is 6.54 Å². The summed E-state index contributed by atoms with van der Waals surface area (Å²) in [6, 6.07) is 5.12. The largest absolute Gasteiger partial charge is 0.461 e. The number of rotatable bonds is 7. The molecule has 0 fully saturated rings. The van der Waals surface area contributed by atoms with E-state index in [1.807, 2.05) is 26.1 Å². The van der Waals surface area contributed by atoms with Crippen molar-refractivity contribution in [2.75, 3.05) is 20.2 Å². The van der Waals surface area contributed by atoms with Crippen LogP contribution in [0.5, 0.6) is 0 Å². The SMILES string of the molecule is CNCCCOC(=O)c1c(F)ncn1[C@H](C)c1ccccn1. The average molecular weight is 306 g/mol. The zero-order valence-corrected chi connectivity index (χ0v) is 12.6. The molecule has 22 heavy (non-hydrogen) atoms. The van der Waals surface area contributed by atoms with Gasteiger partial charge in [-0.15, -0.1) is 0 Å². The number of ether oxygens (including phenoxy) is 1. The van der Waals surface area contributed by atoms with Crippen LogP contribution in [0, 0.1) is 5.95 Å². The third-order valence-corrected chi connectivity index (χ3v) is 3.28. The lowest BCUT2D eigenvalue weighted by Crippen LogP contribution is -2.19. The van der Waals surface area contributed by atoms with Gasteiger partial charge in [0.25, 0.3) is 0 Å². The van der Waals surface area contributed by atoms with Gasteiger partial charge in [-0.2, -0.15) is 4.39 Å². The molecule has 0 spiro atoms. The fourth-order valence-electron chi connectivity index (χ4n) is 2.07. The van der Waals surface area contributed by atoms with Crippen molar-refractivity contribution in [2.45, 2.75) is 19.4 Å². The highest BCUT2D eigenvalue weighted by Gasteiger charge is 2.24. The summed E-state index contributed by atoms with van der Waals surface area (Å²) in [5, 5.41) is 2.95. The third kappa shape index (κ3) is 3.67. The second kappa shape index (κ2) is 7.65. The molecule has 118 valence electrons. The Labute approximate surface area is 128 Å². The van der Waals surface area contributed by atoms with E-state index in [9.17, 15) is 9.18 Å². The maximum atomic E-state index is 13.8. The van der Waals surface area contributed by atoms with Crippen LogP contribution in [0.3, 0.4) is 0 Å². The van der Waals surface area contributed by atoms with Crippen molar-refractivity contribution in [1.29, 1.82) is 0 Å². The minimum atomic E-state index is -0.832. The summed E-state index contributed by atoms with van der Waals surface area (Å²) in [5.74, 6) is -1.55. The topological polar surface area (TPSA) is 69.0 Å². The summed E-state index contributed by atoms with van der Waals surface area (Å²) in [7, 11) is 1.81. The Bertz CT molecular complexity index is 615. The van der Waals surface area contributed by atoms with Gasteiger partial charge in [-0.1, -0.05) is 6.07 Å². The number of imidazole rings is 1. The number of carbonyl (C=O) groups excluding carboxylic acids is 1. The number of esters is 1. The molecule has 2 aromatic rings. The van der Waals surface area contributed by atoms with Gasteiger partial charge in [0, 0.05) is 6.20 Å². The fourth-order valence-corrected chi connectivity index (χ4v) is 2.07. The van der Waals surface area contributed by atoms with E-state index >= 15 is 0 Å². The Morgan fingerprint density at radius 2 is 2.27 bits per heavy atom. The molecule has 1 N–H and O–H groups in total. The molecule has 0 radical (unpaired) electrons. The van der Waals surface area contributed by atoms with E-state index in [2.05, 4.69) is 15.3 Å². The first-order valence-electron chi connectivity index (χ1n) is 7.10. The molecule has 0 saturated heterocycles. The van der Waals surface area contributed by atoms with Gasteiger partial charge < -0.3 is 14.6 Å². The van der Waals surface area contributed by atoms with Crippen LogP contribution in [-0.4, -0.2) is 40.7 Å². The number of nitrogens with one attached hydrogen (secondary N) is 1. The Balaban J connectivity index is 2.15. The normalized spacial score (nSPS) is 12.1. The van der Waals surface area contributed by atoms with Gasteiger partial charge in [-0.05, 0) is 39.1 Å². The van der Waals surface area contributed by atoms with E-state index in [1.54, 1.807) is 12.3 Å². The number of halogens is 1. The van der Waals surface area contributed by atoms with Crippen molar-refractivity contribution in [3.63, 3.8) is 0 Å². The Hall–Kier alpha value is -2.28. The first-order chi connectivity index (χ1) is 10.6. The minimum Gasteiger partial charge on any atom is -0.461 e. The molecule has 0 aliphatic carbocycles. The molecule has 0 aliphatic rings. The van der Waals surface area contributed by atoms with Crippen molar-refractivity contribution < 1.29 is 13.9 Å². The number of aromatic nitrogens is 3. The molecule has 0 amide bonds. The minimum absolute atomic E-state index is 0.178. The lowest BCUT2D eigenvalue weighted by molar-refractivity contribution is 0.0481. The van der Waals surface area contributed by atoms with Crippen LogP contribution in [-0.2, 0) is 4.74 Å². The molecular weight excluding hydrogens is 287 g/mol. The zero-order valence-electron chi connectivity index (χ0n) is 12.6. The summed E-state index contributed by atoms with van der Waals surface area (Å²) in [6.07, 6.45) is 3.60. The van der Waals surface area contributed by atoms with Crippen molar-refractivity contribution in [3.05, 3.63) is 48.1 Å². The highest BCUT2D eigenvalue weighted by atomic mass is 19.1. The molecule has 0 unspecified atom stereocenters. The van der Waals surface area contributed by atoms with Gasteiger partial charge in [0.05, 0.1) is 24.7 Å². The van der Waals surface area contributed by atoms with E-state index in [-0.39, 0.29) is 18.3 Å². The molecule has 2 heterocycles. The summed E-state index contributed by atoms with van der Waals surface area (Å²) in [5.41, 5.74) is 0.534. The molecular formula is C15H19FN4O2. The Kier molecular flexibility index (Phi) is 5.60. The highest BCUT2D eigenvalue weighted by molar-refractivity contribution is 5.87. The molecule has 0 aromatic carbocycles. The maximum absolute atomic E-state index is 13.8. The van der Waals surface area contributed by atoms with E-state index < -0.39 is 11.9 Å². The molecule has 2 rings (SSSR count). The Morgan fingerprint density at radius 3 is 2.95 bits per heavy atom. The predicted molar refractivity (Wildman–Crippen MR) is 79.1 cm³/mol. The van der Waals surface area contributed by atoms with E-state index in [1.165, 1.54) is 10.9 Å². The standard InChI is InChI=1S/C15H19FN4O2/c1-11(12-6-3-4-8-18-12)20-10-19-14(16)13(20)15(21)22-9-5-7-17-2/h3-4,6,8,10-11,17H,5,7,9H2,1-2H3/t11-/m1/s1. The van der Waals surface area contributed by atoms with E-state index in [4.69, 9.17) is 4.74 Å². The lowest BCUT2D eigenvalue weighted by atomic mass is 10.2. The lowest BCUT2D eigenvalue weighted by Gasteiger charge is -2.15. The predicted octanol–water partition coefficient (Wildman–Crippen LogP) is 1.79. The average Bonchev–Trinajstić information content (AvgIpc) is 2.93. The van der Waals surface area contributed by atoms with Crippen LogP contribution in [0.4, 0.5) is 4.39 Å². The van der Waals surface area contributed by atoms with Gasteiger partial charge in [0.2, 0.25) is 5.95 Å². The molecule has 2 aromatic heterocycles. The Morgan fingerprint density at radius 1 is 1.45 bits per heavy atom. The van der Waals surface area contributed by atoms with Crippen LogP contribution >= 0.6 is 0 Å². The van der Waals surface area contributed by atoms with Gasteiger partial charge in [-0.3, -0.25) is 4.98 Å². The number of hydrogen-bond donors (Lipinski definition) is 1. The maximum Gasteiger partial charge on any atom is 0.359 e. The van der Waals surface area contributed by atoms with Crippen LogP contribution < -0.4 is 5.32 Å². The first kappa shape index (κ1) is 16.1. The first-order valence-corrected chi connectivity index (χ1v) is 7.10. The van der Waals surface area contributed by atoms with Gasteiger partial charge >= 0.3 is 5.97 Å². The molecule has 6 nitrogen and oxygen atoms in total. The number of hydrogen-bond acceptors (Lipinski definition) is 5. The van der Waals surface area contributed by atoms with Gasteiger partial charge in [-0.25, -0.2) is 9.78 Å². The van der Waals surface area contributed by atoms with Crippen molar-refractivity contribution in [3.8, 4) is 0 Å². The molecule has 1 atom stereocenters. The number of nitrogens with zero attached hydrogens (tertiary/aromatic N) is 3. The highest BCUT2D eigenvalue weighted by Crippen LogP contribution is 2.20. The number of carbonyl (C=O) groups is 1. The second-order valence-electron chi connectivity index (χ2n) is 4.81. The zero-order chi connectivity index (χ0) is 15.9. The van der Waals surface area contributed by atoms with Crippen LogP contribution in [0.15, 0.2) is 30.7 Å². The molecule has 0 saturated carbocycles. The smallest absolute Gasteiger partial charge is 0.359 e. The number of pyridine rings is 1. The summed E-state index contributed by atoms with van der Waals surface area (Å²) >= 11 is 0. The van der Waals surface area contributed by atoms with Crippen molar-refractivity contribution >= 4 is 5.97 Å². The second-order valence-corrected chi connectivity index (χ2v) is 4.81. The molecule has 7 heteroatoms. The quantitative estimate of drug-likeness (QED) is 0.624. The van der Waals surface area contributed by atoms with Crippen molar-refractivity contribution in [2.24, 2.45) is 0 Å². The van der Waals surface area contributed by atoms with Gasteiger partial charge in [0.15, 0.2) is 5.69 Å². The fraction of sp³-hybridized carbons (Fsp3) is 0.400. The summed E-state index contributed by atoms with van der Waals surface area (Å²) in [4.78, 5) is 19.9. The van der Waals surface area contributed by atoms with Crippen molar-refractivity contribution in [1.82, 2.24) is 19.9 Å². The van der Waals surface area contributed by atoms with Crippen LogP contribution in [0.1, 0.15) is 35.6 Å². The molecule has 0 aliphatic heterocycles. The third-order valence-electron chi connectivity index (χ3n) is 3.28. The monoisotopic (exact) mass is 306 g/mol. The summed E-state index contributed by atoms with van der Waals surface area (Å²) in [6.45, 7) is 2.77. The van der Waals surface area contributed by atoms with Crippen LogP contribution in [0.25, 0.3) is 0 Å².